The Bertz CT molecular complexity index is 600. The van der Waals surface area contributed by atoms with Gasteiger partial charge in [-0.1, -0.05) is 15.9 Å². The first-order chi connectivity index (χ1) is 7.40. The third kappa shape index (κ3) is 1.97. The van der Waals surface area contributed by atoms with Crippen LogP contribution in [0.25, 0.3) is 5.57 Å². The van der Waals surface area contributed by atoms with Gasteiger partial charge in [-0.15, -0.1) is 0 Å². The SMILES string of the molecule is CC(=O)CC1=CS(=O)(=O)c2ccc(Br)cc21. The average Bonchev–Trinajstić information content (AvgIpc) is 2.37. The Morgan fingerprint density at radius 1 is 1.38 bits per heavy atom. The lowest BCUT2D eigenvalue weighted by Gasteiger charge is -2.02. The van der Waals surface area contributed by atoms with Crippen LogP contribution in [0.15, 0.2) is 33.0 Å². The minimum Gasteiger partial charge on any atom is -0.300 e. The quantitative estimate of drug-likeness (QED) is 0.843. The number of Topliss-reactive ketones (excluding diaryl/α,β-unsaturated/α-hetero) is 1. The van der Waals surface area contributed by atoms with Crippen LogP contribution in [0.4, 0.5) is 0 Å². The predicted molar refractivity (Wildman–Crippen MR) is 64.6 cm³/mol. The highest BCUT2D eigenvalue weighted by atomic mass is 79.9. The standard InChI is InChI=1S/C11H9BrO3S/c1-7(13)4-8-6-16(14,15)11-3-2-9(12)5-10(8)11/h2-3,5-6H,4H2,1H3. The highest BCUT2D eigenvalue weighted by Crippen LogP contribution is 2.36. The lowest BCUT2D eigenvalue weighted by molar-refractivity contribution is -0.116. The molecule has 0 aliphatic carbocycles. The molecule has 1 aromatic rings. The summed E-state index contributed by atoms with van der Waals surface area (Å²) in [6, 6.07) is 4.97. The Hall–Kier alpha value is -0.940. The number of rotatable bonds is 2. The van der Waals surface area contributed by atoms with Gasteiger partial charge in [-0.3, -0.25) is 4.79 Å². The van der Waals surface area contributed by atoms with E-state index in [0.717, 1.165) is 4.47 Å². The molecule has 0 unspecified atom stereocenters. The molecule has 5 heteroatoms. The van der Waals surface area contributed by atoms with E-state index < -0.39 is 9.84 Å². The second-order valence-electron chi connectivity index (χ2n) is 3.71. The van der Waals surface area contributed by atoms with E-state index in [1.807, 2.05) is 0 Å². The van der Waals surface area contributed by atoms with Gasteiger partial charge < -0.3 is 0 Å². The van der Waals surface area contributed by atoms with Crippen molar-refractivity contribution in [3.63, 3.8) is 0 Å². The third-order valence-corrected chi connectivity index (χ3v) is 4.39. The van der Waals surface area contributed by atoms with E-state index in [9.17, 15) is 13.2 Å². The summed E-state index contributed by atoms with van der Waals surface area (Å²) in [5, 5.41) is 1.19. The number of sulfone groups is 1. The Morgan fingerprint density at radius 3 is 2.69 bits per heavy atom. The largest absolute Gasteiger partial charge is 0.300 e. The van der Waals surface area contributed by atoms with E-state index in [1.54, 1.807) is 18.2 Å². The molecule has 1 aliphatic rings. The molecule has 84 valence electrons. The van der Waals surface area contributed by atoms with Crippen LogP contribution in [0.3, 0.4) is 0 Å². The molecular formula is C11H9BrO3S. The second kappa shape index (κ2) is 3.82. The van der Waals surface area contributed by atoms with Crippen molar-refractivity contribution < 1.29 is 13.2 Å². The van der Waals surface area contributed by atoms with Crippen LogP contribution in [0, 0.1) is 0 Å². The summed E-state index contributed by atoms with van der Waals surface area (Å²) in [6.07, 6.45) is 0.155. The zero-order valence-electron chi connectivity index (χ0n) is 8.53. The monoisotopic (exact) mass is 300 g/mol. The summed E-state index contributed by atoms with van der Waals surface area (Å²) in [4.78, 5) is 11.3. The van der Waals surface area contributed by atoms with Gasteiger partial charge in [0, 0.05) is 16.3 Å². The Kier molecular flexibility index (Phi) is 2.75. The molecule has 0 radical (unpaired) electrons. The Labute approximate surface area is 102 Å². The molecule has 0 bridgehead atoms. The molecular weight excluding hydrogens is 292 g/mol. The molecule has 2 rings (SSSR count). The fraction of sp³-hybridized carbons (Fsp3) is 0.182. The van der Waals surface area contributed by atoms with Gasteiger partial charge in [0.2, 0.25) is 9.84 Å². The lowest BCUT2D eigenvalue weighted by atomic mass is 10.0. The number of fused-ring (bicyclic) bond motifs is 1. The van der Waals surface area contributed by atoms with Gasteiger partial charge >= 0.3 is 0 Å². The van der Waals surface area contributed by atoms with E-state index in [0.29, 0.717) is 11.1 Å². The summed E-state index contributed by atoms with van der Waals surface area (Å²) < 4.78 is 24.3. The van der Waals surface area contributed by atoms with Crippen molar-refractivity contribution in [3.05, 3.63) is 33.6 Å². The maximum Gasteiger partial charge on any atom is 0.200 e. The first-order valence-electron chi connectivity index (χ1n) is 4.65. The highest BCUT2D eigenvalue weighted by molar-refractivity contribution is 9.10. The van der Waals surface area contributed by atoms with Gasteiger partial charge in [0.05, 0.1) is 4.90 Å². The molecule has 0 N–H and O–H groups in total. The van der Waals surface area contributed by atoms with Gasteiger partial charge in [0.1, 0.15) is 5.78 Å². The van der Waals surface area contributed by atoms with E-state index >= 15 is 0 Å². The molecule has 1 heterocycles. The van der Waals surface area contributed by atoms with E-state index in [1.165, 1.54) is 12.3 Å². The van der Waals surface area contributed by atoms with Crippen molar-refractivity contribution in [2.75, 3.05) is 0 Å². The molecule has 0 fully saturated rings. The van der Waals surface area contributed by atoms with Crippen molar-refractivity contribution in [1.29, 1.82) is 0 Å². The average molecular weight is 301 g/mol. The van der Waals surface area contributed by atoms with Crippen LogP contribution in [0.1, 0.15) is 18.9 Å². The molecule has 0 spiro atoms. The Morgan fingerprint density at radius 2 is 2.06 bits per heavy atom. The van der Waals surface area contributed by atoms with Crippen molar-refractivity contribution in [3.8, 4) is 0 Å². The number of benzene rings is 1. The zero-order valence-corrected chi connectivity index (χ0v) is 10.9. The number of ketones is 1. The van der Waals surface area contributed by atoms with Crippen LogP contribution in [-0.4, -0.2) is 14.2 Å². The number of hydrogen-bond donors (Lipinski definition) is 0. The fourth-order valence-electron chi connectivity index (χ4n) is 1.72. The number of carbonyl (C=O) groups is 1. The predicted octanol–water partition coefficient (Wildman–Crippen LogP) is 2.56. The van der Waals surface area contributed by atoms with Gasteiger partial charge in [-0.05, 0) is 36.3 Å². The summed E-state index contributed by atoms with van der Waals surface area (Å²) >= 11 is 3.29. The van der Waals surface area contributed by atoms with Gasteiger partial charge in [-0.25, -0.2) is 8.42 Å². The molecule has 1 aromatic carbocycles. The third-order valence-electron chi connectivity index (χ3n) is 2.33. The minimum atomic E-state index is -3.35. The van der Waals surface area contributed by atoms with Crippen LogP contribution in [-0.2, 0) is 14.6 Å². The second-order valence-corrected chi connectivity index (χ2v) is 6.39. The molecule has 3 nitrogen and oxygen atoms in total. The summed E-state index contributed by atoms with van der Waals surface area (Å²) in [5.41, 5.74) is 1.20. The van der Waals surface area contributed by atoms with Crippen LogP contribution < -0.4 is 0 Å². The zero-order chi connectivity index (χ0) is 11.9. The van der Waals surface area contributed by atoms with Crippen LogP contribution >= 0.6 is 15.9 Å². The summed E-state index contributed by atoms with van der Waals surface area (Å²) in [6.45, 7) is 1.45. The highest BCUT2D eigenvalue weighted by Gasteiger charge is 2.27. The van der Waals surface area contributed by atoms with E-state index in [2.05, 4.69) is 15.9 Å². The molecule has 1 aliphatic heterocycles. The number of carbonyl (C=O) groups excluding carboxylic acids is 1. The molecule has 0 saturated heterocycles. The van der Waals surface area contributed by atoms with Crippen LogP contribution in [0.2, 0.25) is 0 Å². The first kappa shape index (κ1) is 11.5. The normalized spacial score (nSPS) is 16.8. The van der Waals surface area contributed by atoms with Crippen molar-refractivity contribution >= 4 is 37.1 Å². The minimum absolute atomic E-state index is 0.0470. The number of allylic oxidation sites excluding steroid dienone is 1. The lowest BCUT2D eigenvalue weighted by Crippen LogP contribution is -1.93. The molecule has 0 saturated carbocycles. The fourth-order valence-corrected chi connectivity index (χ4v) is 3.55. The van der Waals surface area contributed by atoms with Crippen molar-refractivity contribution in [1.82, 2.24) is 0 Å². The smallest absolute Gasteiger partial charge is 0.200 e. The molecule has 0 atom stereocenters. The maximum atomic E-state index is 11.8. The number of halogens is 1. The molecule has 0 aromatic heterocycles. The van der Waals surface area contributed by atoms with E-state index in [-0.39, 0.29) is 17.1 Å². The topological polar surface area (TPSA) is 51.2 Å². The van der Waals surface area contributed by atoms with Gasteiger partial charge in [0.25, 0.3) is 0 Å². The number of hydrogen-bond acceptors (Lipinski definition) is 3. The maximum absolute atomic E-state index is 11.8. The van der Waals surface area contributed by atoms with Gasteiger partial charge in [0.15, 0.2) is 0 Å². The molecule has 16 heavy (non-hydrogen) atoms. The van der Waals surface area contributed by atoms with E-state index in [4.69, 9.17) is 0 Å². The Balaban J connectivity index is 2.61. The van der Waals surface area contributed by atoms with Gasteiger partial charge in [-0.2, -0.15) is 0 Å². The molecule has 0 amide bonds. The van der Waals surface area contributed by atoms with Crippen molar-refractivity contribution in [2.24, 2.45) is 0 Å². The van der Waals surface area contributed by atoms with Crippen LogP contribution in [0.5, 0.6) is 0 Å². The van der Waals surface area contributed by atoms with Crippen molar-refractivity contribution in [2.45, 2.75) is 18.2 Å². The summed E-state index contributed by atoms with van der Waals surface area (Å²) in [7, 11) is -3.35. The first-order valence-corrected chi connectivity index (χ1v) is 6.99. The summed E-state index contributed by atoms with van der Waals surface area (Å²) in [5.74, 6) is -0.0470.